The highest BCUT2D eigenvalue weighted by molar-refractivity contribution is 6.09. The molecule has 1 heterocycles. The number of carbonyl (C=O) groups is 2. The van der Waals surface area contributed by atoms with Gasteiger partial charge in [-0.1, -0.05) is 19.1 Å². The molecule has 1 unspecified atom stereocenters. The first-order valence-electron chi connectivity index (χ1n) is 8.23. The molecule has 5 heteroatoms. The Labute approximate surface area is 137 Å². The largest absolute Gasteiger partial charge is 0.376 e. The Bertz CT molecular complexity index is 546. The van der Waals surface area contributed by atoms with Gasteiger partial charge in [0.25, 0.3) is 0 Å². The van der Waals surface area contributed by atoms with Crippen LogP contribution in [-0.2, 0) is 20.7 Å². The van der Waals surface area contributed by atoms with Crippen LogP contribution in [0.25, 0.3) is 0 Å². The molecule has 2 rings (SSSR count). The molecule has 1 aromatic carbocycles. The fourth-order valence-electron chi connectivity index (χ4n) is 2.45. The second-order valence-corrected chi connectivity index (χ2v) is 6.47. The number of hydrogen-bond acceptors (Lipinski definition) is 3. The first-order valence-corrected chi connectivity index (χ1v) is 8.23. The molecule has 1 aliphatic rings. The van der Waals surface area contributed by atoms with E-state index in [0.29, 0.717) is 12.2 Å². The van der Waals surface area contributed by atoms with Crippen LogP contribution in [0.15, 0.2) is 24.3 Å². The quantitative estimate of drug-likeness (QED) is 0.792. The predicted octanol–water partition coefficient (Wildman–Crippen LogP) is 2.51. The summed E-state index contributed by atoms with van der Waals surface area (Å²) >= 11 is 0. The normalized spacial score (nSPS) is 17.8. The molecule has 1 aliphatic heterocycles. The van der Waals surface area contributed by atoms with E-state index in [0.717, 1.165) is 25.9 Å². The third-order valence-corrected chi connectivity index (χ3v) is 4.27. The van der Waals surface area contributed by atoms with Gasteiger partial charge in [-0.2, -0.15) is 0 Å². The molecule has 1 fully saturated rings. The van der Waals surface area contributed by atoms with Crippen molar-refractivity contribution in [2.45, 2.75) is 46.1 Å². The number of carbonyl (C=O) groups excluding carboxylic acids is 2. The standard InChI is InChI=1S/C18H26N2O3/c1-4-13-7-9-14(10-8-13)20-17(22)18(2,3)16(21)19-12-15-6-5-11-23-15/h7-10,15H,4-6,11-12H2,1-3H3,(H,19,21)(H,20,22). The minimum Gasteiger partial charge on any atom is -0.376 e. The number of hydrogen-bond donors (Lipinski definition) is 2. The molecule has 0 saturated carbocycles. The molecule has 23 heavy (non-hydrogen) atoms. The van der Waals surface area contributed by atoms with Crippen LogP contribution in [0.5, 0.6) is 0 Å². The molecular weight excluding hydrogens is 292 g/mol. The number of aryl methyl sites for hydroxylation is 1. The van der Waals surface area contributed by atoms with Gasteiger partial charge < -0.3 is 15.4 Å². The molecule has 0 bridgehead atoms. The van der Waals surface area contributed by atoms with E-state index in [1.807, 2.05) is 24.3 Å². The molecule has 0 aliphatic carbocycles. The maximum absolute atomic E-state index is 12.4. The molecule has 1 atom stereocenters. The Morgan fingerprint density at radius 3 is 2.48 bits per heavy atom. The van der Waals surface area contributed by atoms with E-state index in [9.17, 15) is 9.59 Å². The Kier molecular flexibility index (Phi) is 5.77. The Balaban J connectivity index is 1.90. The van der Waals surface area contributed by atoms with Gasteiger partial charge in [-0.3, -0.25) is 9.59 Å². The second-order valence-electron chi connectivity index (χ2n) is 6.47. The molecule has 0 spiro atoms. The zero-order valence-electron chi connectivity index (χ0n) is 14.1. The van der Waals surface area contributed by atoms with Crippen LogP contribution >= 0.6 is 0 Å². The van der Waals surface area contributed by atoms with Crippen molar-refractivity contribution in [2.75, 3.05) is 18.5 Å². The summed E-state index contributed by atoms with van der Waals surface area (Å²) in [5, 5.41) is 5.64. The fourth-order valence-corrected chi connectivity index (χ4v) is 2.45. The van der Waals surface area contributed by atoms with Crippen LogP contribution in [0.4, 0.5) is 5.69 Å². The van der Waals surface area contributed by atoms with Crippen molar-refractivity contribution in [3.8, 4) is 0 Å². The van der Waals surface area contributed by atoms with Crippen LogP contribution < -0.4 is 10.6 Å². The maximum Gasteiger partial charge on any atom is 0.239 e. The van der Waals surface area contributed by atoms with Crippen molar-refractivity contribution < 1.29 is 14.3 Å². The lowest BCUT2D eigenvalue weighted by atomic mass is 9.90. The molecule has 2 amide bonds. The molecule has 0 aromatic heterocycles. The lowest BCUT2D eigenvalue weighted by Crippen LogP contribution is -2.47. The van der Waals surface area contributed by atoms with Crippen LogP contribution in [0.2, 0.25) is 0 Å². The number of anilines is 1. The summed E-state index contributed by atoms with van der Waals surface area (Å²) < 4.78 is 5.48. The summed E-state index contributed by atoms with van der Waals surface area (Å²) in [6.45, 7) is 6.55. The average molecular weight is 318 g/mol. The van der Waals surface area contributed by atoms with Crippen molar-refractivity contribution in [3.05, 3.63) is 29.8 Å². The minimum absolute atomic E-state index is 0.0689. The Morgan fingerprint density at radius 2 is 1.91 bits per heavy atom. The van der Waals surface area contributed by atoms with Crippen LogP contribution in [-0.4, -0.2) is 31.1 Å². The summed E-state index contributed by atoms with van der Waals surface area (Å²) in [5.41, 5.74) is 0.769. The van der Waals surface area contributed by atoms with Gasteiger partial charge in [0, 0.05) is 18.8 Å². The maximum atomic E-state index is 12.4. The van der Waals surface area contributed by atoms with E-state index >= 15 is 0 Å². The van der Waals surface area contributed by atoms with Gasteiger partial charge in [0.2, 0.25) is 11.8 Å². The van der Waals surface area contributed by atoms with Crippen LogP contribution in [0.1, 0.15) is 39.2 Å². The van der Waals surface area contributed by atoms with E-state index in [1.165, 1.54) is 5.56 Å². The molecule has 2 N–H and O–H groups in total. The molecule has 126 valence electrons. The average Bonchev–Trinajstić information content (AvgIpc) is 3.06. The SMILES string of the molecule is CCc1ccc(NC(=O)C(C)(C)C(=O)NCC2CCCO2)cc1. The van der Waals surface area contributed by atoms with Crippen molar-refractivity contribution in [2.24, 2.45) is 5.41 Å². The van der Waals surface area contributed by atoms with E-state index in [4.69, 9.17) is 4.74 Å². The molecule has 5 nitrogen and oxygen atoms in total. The summed E-state index contributed by atoms with van der Waals surface area (Å²) in [7, 11) is 0. The second kappa shape index (κ2) is 7.59. The van der Waals surface area contributed by atoms with Gasteiger partial charge in [0.1, 0.15) is 5.41 Å². The van der Waals surface area contributed by atoms with Gasteiger partial charge in [-0.15, -0.1) is 0 Å². The lowest BCUT2D eigenvalue weighted by Gasteiger charge is -2.23. The first kappa shape index (κ1) is 17.5. The van der Waals surface area contributed by atoms with E-state index < -0.39 is 5.41 Å². The number of nitrogens with one attached hydrogen (secondary N) is 2. The fraction of sp³-hybridized carbons (Fsp3) is 0.556. The van der Waals surface area contributed by atoms with Crippen molar-refractivity contribution in [3.63, 3.8) is 0 Å². The molecule has 1 aromatic rings. The van der Waals surface area contributed by atoms with Gasteiger partial charge in [0.15, 0.2) is 0 Å². The smallest absolute Gasteiger partial charge is 0.239 e. The third-order valence-electron chi connectivity index (χ3n) is 4.27. The van der Waals surface area contributed by atoms with Gasteiger partial charge in [-0.25, -0.2) is 0 Å². The van der Waals surface area contributed by atoms with Crippen LogP contribution in [0, 0.1) is 5.41 Å². The number of amides is 2. The summed E-state index contributed by atoms with van der Waals surface area (Å²) in [6, 6.07) is 7.66. The first-order chi connectivity index (χ1) is 10.9. The van der Waals surface area contributed by atoms with Crippen molar-refractivity contribution >= 4 is 17.5 Å². The van der Waals surface area contributed by atoms with Gasteiger partial charge in [0.05, 0.1) is 6.10 Å². The number of rotatable bonds is 6. The highest BCUT2D eigenvalue weighted by atomic mass is 16.5. The van der Waals surface area contributed by atoms with Gasteiger partial charge >= 0.3 is 0 Å². The van der Waals surface area contributed by atoms with E-state index in [1.54, 1.807) is 13.8 Å². The third kappa shape index (κ3) is 4.55. The highest BCUT2D eigenvalue weighted by Gasteiger charge is 2.36. The monoisotopic (exact) mass is 318 g/mol. The van der Waals surface area contributed by atoms with Crippen molar-refractivity contribution in [1.29, 1.82) is 0 Å². The van der Waals surface area contributed by atoms with E-state index in [-0.39, 0.29) is 17.9 Å². The predicted molar refractivity (Wildman–Crippen MR) is 90.2 cm³/mol. The van der Waals surface area contributed by atoms with Crippen molar-refractivity contribution in [1.82, 2.24) is 5.32 Å². The highest BCUT2D eigenvalue weighted by Crippen LogP contribution is 2.20. The summed E-state index contributed by atoms with van der Waals surface area (Å²) in [4.78, 5) is 24.7. The zero-order chi connectivity index (χ0) is 16.9. The number of benzene rings is 1. The summed E-state index contributed by atoms with van der Waals surface area (Å²) in [6.07, 6.45) is 3.00. The molecule has 0 radical (unpaired) electrons. The lowest BCUT2D eigenvalue weighted by molar-refractivity contribution is -0.138. The Hall–Kier alpha value is -1.88. The zero-order valence-corrected chi connectivity index (χ0v) is 14.1. The van der Waals surface area contributed by atoms with E-state index in [2.05, 4.69) is 17.6 Å². The minimum atomic E-state index is -1.14. The summed E-state index contributed by atoms with van der Waals surface area (Å²) in [5.74, 6) is -0.595. The molecular formula is C18H26N2O3. The topological polar surface area (TPSA) is 67.4 Å². The van der Waals surface area contributed by atoms with Crippen LogP contribution in [0.3, 0.4) is 0 Å². The van der Waals surface area contributed by atoms with Gasteiger partial charge in [-0.05, 0) is 50.8 Å². The molecule has 1 saturated heterocycles. The number of ether oxygens (including phenoxy) is 1. The Morgan fingerprint density at radius 1 is 1.22 bits per heavy atom.